The van der Waals surface area contributed by atoms with Crippen LogP contribution in [-0.4, -0.2) is 28.9 Å². The van der Waals surface area contributed by atoms with Crippen LogP contribution >= 0.6 is 27.3 Å². The van der Waals surface area contributed by atoms with Crippen molar-refractivity contribution in [1.82, 2.24) is 4.98 Å². The van der Waals surface area contributed by atoms with Gasteiger partial charge in [0.1, 0.15) is 11.8 Å². The molecule has 0 aliphatic carbocycles. The highest BCUT2D eigenvalue weighted by atomic mass is 79.9. The number of benzene rings is 3. The fourth-order valence-electron chi connectivity index (χ4n) is 4.23. The van der Waals surface area contributed by atoms with Crippen LogP contribution in [0, 0.1) is 0 Å². The largest absolute Gasteiger partial charge is 0.463 e. The van der Waals surface area contributed by atoms with Gasteiger partial charge in [0, 0.05) is 22.9 Å². The van der Waals surface area contributed by atoms with Crippen molar-refractivity contribution in [3.63, 3.8) is 0 Å². The highest BCUT2D eigenvalue weighted by molar-refractivity contribution is 9.10. The molecule has 0 saturated carbocycles. The third kappa shape index (κ3) is 4.66. The Kier molecular flexibility index (Phi) is 6.37. The minimum Gasteiger partial charge on any atom is -0.463 e. The number of carbonyl (C=O) groups is 3. The van der Waals surface area contributed by atoms with Crippen LogP contribution in [0.1, 0.15) is 28.8 Å². The van der Waals surface area contributed by atoms with E-state index >= 15 is 0 Å². The number of hydrogen-bond donors (Lipinski definition) is 0. The number of fused-ring (bicyclic) bond motifs is 2. The fourth-order valence-corrected chi connectivity index (χ4v) is 5.71. The molecular formula is C28H17BrN4O5S. The first-order valence-electron chi connectivity index (χ1n) is 11.8. The zero-order valence-corrected chi connectivity index (χ0v) is 22.4. The van der Waals surface area contributed by atoms with Crippen molar-refractivity contribution in [2.45, 2.75) is 12.8 Å². The molecule has 0 bridgehead atoms. The molecule has 192 valence electrons. The maximum absolute atomic E-state index is 13.8. The third-order valence-corrected chi connectivity index (χ3v) is 7.62. The van der Waals surface area contributed by atoms with Gasteiger partial charge in [-0.15, -0.1) is 0 Å². The molecule has 1 saturated heterocycles. The van der Waals surface area contributed by atoms with E-state index in [0.29, 0.717) is 22.2 Å². The van der Waals surface area contributed by atoms with Crippen molar-refractivity contribution < 1.29 is 18.8 Å². The summed E-state index contributed by atoms with van der Waals surface area (Å²) in [6, 6.07) is 18.6. The van der Waals surface area contributed by atoms with E-state index in [2.05, 4.69) is 26.0 Å². The molecule has 0 spiro atoms. The Labute approximate surface area is 233 Å². The second kappa shape index (κ2) is 10.0. The standard InChI is InChI=1S/C28H17BrN4O5S/c29-18-8-9-21-23(13-18)39-28(31-21)33(30-14-17-15-38-22-7-2-1-6-20(22)26(17)36)27(37)16-4-3-5-19(12-16)32-24(34)10-11-25(32)35/h1-9,12-15H,10-11H2/b30-14+. The van der Waals surface area contributed by atoms with Crippen LogP contribution in [0.15, 0.2) is 91.8 Å². The summed E-state index contributed by atoms with van der Waals surface area (Å²) in [5, 5.41) is 6.13. The van der Waals surface area contributed by atoms with Crippen LogP contribution in [0.3, 0.4) is 0 Å². The lowest BCUT2D eigenvalue weighted by Gasteiger charge is -2.17. The third-order valence-electron chi connectivity index (χ3n) is 6.13. The zero-order valence-electron chi connectivity index (χ0n) is 20.0. The van der Waals surface area contributed by atoms with Gasteiger partial charge in [0.05, 0.1) is 33.1 Å². The quantitative estimate of drug-likeness (QED) is 0.149. The SMILES string of the molecule is O=C(c1cccc(N2C(=O)CCC2=O)c1)N(/N=C/c1coc2ccccc2c1=O)c1nc2ccc(Br)cc2s1. The number of imide groups is 1. The van der Waals surface area contributed by atoms with Gasteiger partial charge in [0.2, 0.25) is 22.4 Å². The van der Waals surface area contributed by atoms with Gasteiger partial charge in [-0.25, -0.2) is 4.98 Å². The molecule has 5 aromatic rings. The normalized spacial score (nSPS) is 13.7. The van der Waals surface area contributed by atoms with Crippen LogP contribution in [-0.2, 0) is 9.59 Å². The number of thiazole rings is 1. The molecule has 0 N–H and O–H groups in total. The number of carbonyl (C=O) groups excluding carboxylic acids is 3. The van der Waals surface area contributed by atoms with Gasteiger partial charge in [-0.2, -0.15) is 10.1 Å². The number of amides is 3. The summed E-state index contributed by atoms with van der Waals surface area (Å²) < 4.78 is 7.25. The van der Waals surface area contributed by atoms with Gasteiger partial charge in [0.25, 0.3) is 5.91 Å². The topological polar surface area (TPSA) is 113 Å². The van der Waals surface area contributed by atoms with E-state index in [9.17, 15) is 19.2 Å². The number of para-hydroxylation sites is 1. The first kappa shape index (κ1) is 24.8. The lowest BCUT2D eigenvalue weighted by molar-refractivity contribution is -0.121. The second-order valence-electron chi connectivity index (χ2n) is 8.66. The van der Waals surface area contributed by atoms with E-state index < -0.39 is 5.91 Å². The van der Waals surface area contributed by atoms with Crippen LogP contribution in [0.25, 0.3) is 21.2 Å². The molecule has 1 aliphatic rings. The maximum atomic E-state index is 13.8. The van der Waals surface area contributed by atoms with Gasteiger partial charge < -0.3 is 4.42 Å². The predicted molar refractivity (Wildman–Crippen MR) is 152 cm³/mol. The van der Waals surface area contributed by atoms with E-state index in [-0.39, 0.29) is 46.3 Å². The summed E-state index contributed by atoms with van der Waals surface area (Å²) in [4.78, 5) is 57.0. The number of anilines is 2. The molecule has 1 fully saturated rings. The van der Waals surface area contributed by atoms with Gasteiger partial charge in [0.15, 0.2) is 0 Å². The average molecular weight is 601 g/mol. The zero-order chi connectivity index (χ0) is 27.1. The van der Waals surface area contributed by atoms with E-state index in [1.54, 1.807) is 42.5 Å². The number of hydrazone groups is 1. The van der Waals surface area contributed by atoms with E-state index in [4.69, 9.17) is 4.42 Å². The minimum absolute atomic E-state index is 0.128. The summed E-state index contributed by atoms with van der Waals surface area (Å²) >= 11 is 4.69. The molecule has 39 heavy (non-hydrogen) atoms. The van der Waals surface area contributed by atoms with Gasteiger partial charge in [-0.05, 0) is 48.5 Å². The molecule has 6 rings (SSSR count). The molecule has 3 heterocycles. The van der Waals surface area contributed by atoms with Gasteiger partial charge >= 0.3 is 0 Å². The lowest BCUT2D eigenvalue weighted by atomic mass is 10.1. The molecular weight excluding hydrogens is 584 g/mol. The summed E-state index contributed by atoms with van der Waals surface area (Å²) in [5.74, 6) is -1.20. The maximum Gasteiger partial charge on any atom is 0.280 e. The summed E-state index contributed by atoms with van der Waals surface area (Å²) in [7, 11) is 0. The Morgan fingerprint density at radius 1 is 1.03 bits per heavy atom. The van der Waals surface area contributed by atoms with Crippen molar-refractivity contribution in [3.8, 4) is 0 Å². The van der Waals surface area contributed by atoms with Crippen molar-refractivity contribution in [3.05, 3.63) is 98.8 Å². The average Bonchev–Trinajstić information content (AvgIpc) is 3.51. The minimum atomic E-state index is -0.560. The van der Waals surface area contributed by atoms with E-state index in [0.717, 1.165) is 19.1 Å². The van der Waals surface area contributed by atoms with Crippen molar-refractivity contribution in [1.29, 1.82) is 0 Å². The Bertz CT molecular complexity index is 1880. The van der Waals surface area contributed by atoms with Crippen LogP contribution in [0.4, 0.5) is 10.8 Å². The van der Waals surface area contributed by atoms with Crippen LogP contribution in [0.5, 0.6) is 0 Å². The number of hydrogen-bond acceptors (Lipinski definition) is 8. The first-order chi connectivity index (χ1) is 18.9. The van der Waals surface area contributed by atoms with Gasteiger partial charge in [-0.3, -0.25) is 24.1 Å². The summed E-state index contributed by atoms with van der Waals surface area (Å²) in [6.07, 6.45) is 2.80. The van der Waals surface area contributed by atoms with Gasteiger partial charge in [-0.1, -0.05) is 45.5 Å². The molecule has 11 heteroatoms. The molecule has 1 aliphatic heterocycles. The van der Waals surface area contributed by atoms with Crippen molar-refractivity contribution >= 4 is 83.2 Å². The molecule has 3 aromatic carbocycles. The Balaban J connectivity index is 1.43. The molecule has 0 atom stereocenters. The fraction of sp³-hybridized carbons (Fsp3) is 0.0714. The number of halogens is 1. The van der Waals surface area contributed by atoms with E-state index in [1.807, 2.05) is 18.2 Å². The van der Waals surface area contributed by atoms with E-state index in [1.165, 1.54) is 29.9 Å². The number of nitrogens with zero attached hydrogens (tertiary/aromatic N) is 4. The molecule has 0 unspecified atom stereocenters. The van der Waals surface area contributed by atoms with Crippen molar-refractivity contribution in [2.75, 3.05) is 9.91 Å². The molecule has 3 amide bonds. The Hall–Kier alpha value is -4.48. The molecule has 9 nitrogen and oxygen atoms in total. The monoisotopic (exact) mass is 600 g/mol. The lowest BCUT2D eigenvalue weighted by Crippen LogP contribution is -2.30. The van der Waals surface area contributed by atoms with Crippen LogP contribution in [0.2, 0.25) is 0 Å². The molecule has 0 radical (unpaired) electrons. The highest BCUT2D eigenvalue weighted by Gasteiger charge is 2.31. The number of rotatable bonds is 5. The summed E-state index contributed by atoms with van der Waals surface area (Å²) in [6.45, 7) is 0. The first-order valence-corrected chi connectivity index (χ1v) is 13.4. The second-order valence-corrected chi connectivity index (χ2v) is 10.6. The van der Waals surface area contributed by atoms with Crippen LogP contribution < -0.4 is 15.3 Å². The Morgan fingerprint density at radius 3 is 2.64 bits per heavy atom. The number of aromatic nitrogens is 1. The van der Waals surface area contributed by atoms with Crippen molar-refractivity contribution in [2.24, 2.45) is 5.10 Å². The summed E-state index contributed by atoms with van der Waals surface area (Å²) in [5.41, 5.74) is 1.45. The smallest absolute Gasteiger partial charge is 0.280 e. The highest BCUT2D eigenvalue weighted by Crippen LogP contribution is 2.32. The predicted octanol–water partition coefficient (Wildman–Crippen LogP) is 5.50. The molecule has 2 aromatic heterocycles. The Morgan fingerprint density at radius 2 is 1.82 bits per heavy atom.